The summed E-state index contributed by atoms with van der Waals surface area (Å²) in [7, 11) is 0. The van der Waals surface area contributed by atoms with Crippen LogP contribution in [0.3, 0.4) is 0 Å². The molecule has 2 amide bonds. The number of hydrogen-bond acceptors (Lipinski definition) is 3. The van der Waals surface area contributed by atoms with Crippen molar-refractivity contribution in [2.75, 3.05) is 5.32 Å². The number of aryl methyl sites for hydroxylation is 1. The van der Waals surface area contributed by atoms with Crippen molar-refractivity contribution in [2.24, 2.45) is 0 Å². The zero-order valence-electron chi connectivity index (χ0n) is 18.0. The first-order valence-electron chi connectivity index (χ1n) is 10.5. The third-order valence-electron chi connectivity index (χ3n) is 5.42. The normalized spacial score (nSPS) is 11.7. The Balaban J connectivity index is 1.53. The molecule has 0 fully saturated rings. The molecule has 1 aromatic heterocycles. The molecule has 0 spiro atoms. The van der Waals surface area contributed by atoms with Crippen molar-refractivity contribution in [1.29, 1.82) is 0 Å². The van der Waals surface area contributed by atoms with E-state index in [2.05, 4.69) is 15.6 Å². The first-order valence-corrected chi connectivity index (χ1v) is 10.5. The Bertz CT molecular complexity index is 1330. The Labute approximate surface area is 190 Å². The highest BCUT2D eigenvalue weighted by Gasteiger charge is 2.23. The van der Waals surface area contributed by atoms with E-state index < -0.39 is 23.8 Å². The third-order valence-corrected chi connectivity index (χ3v) is 5.42. The lowest BCUT2D eigenvalue weighted by molar-refractivity contribution is -0.139. The maximum absolute atomic E-state index is 12.9. The first kappa shape index (κ1) is 21.8. The van der Waals surface area contributed by atoms with E-state index >= 15 is 0 Å². The minimum atomic E-state index is -1.14. The Kier molecular flexibility index (Phi) is 6.22. The molecule has 3 aromatic carbocycles. The second-order valence-corrected chi connectivity index (χ2v) is 7.78. The highest BCUT2D eigenvalue weighted by molar-refractivity contribution is 6.10. The standard InChI is InChI=1S/C26H23N3O4/c1-16-8-7-11-18-15-21(27-23(16)18)25(31)28-20-13-6-5-12-19(20)24(30)29-22(26(32)33)14-17-9-3-2-4-10-17/h2-13,15,22,27H,14H2,1H3,(H,28,31)(H,29,30)(H,32,33). The molecule has 0 bridgehead atoms. The minimum Gasteiger partial charge on any atom is -0.480 e. The summed E-state index contributed by atoms with van der Waals surface area (Å²) in [6.45, 7) is 1.95. The highest BCUT2D eigenvalue weighted by atomic mass is 16.4. The van der Waals surface area contributed by atoms with Crippen molar-refractivity contribution in [3.8, 4) is 0 Å². The van der Waals surface area contributed by atoms with Crippen LogP contribution in [0, 0.1) is 6.92 Å². The number of fused-ring (bicyclic) bond motifs is 1. The van der Waals surface area contributed by atoms with E-state index in [-0.39, 0.29) is 12.0 Å². The lowest BCUT2D eigenvalue weighted by atomic mass is 10.1. The van der Waals surface area contributed by atoms with Crippen LogP contribution in [-0.2, 0) is 11.2 Å². The number of carboxylic acids is 1. The van der Waals surface area contributed by atoms with Gasteiger partial charge in [0.15, 0.2) is 0 Å². The summed E-state index contributed by atoms with van der Waals surface area (Å²) < 4.78 is 0. The number of hydrogen-bond donors (Lipinski definition) is 4. The van der Waals surface area contributed by atoms with Crippen molar-refractivity contribution < 1.29 is 19.5 Å². The quantitative estimate of drug-likeness (QED) is 0.345. The van der Waals surface area contributed by atoms with Crippen LogP contribution in [0.5, 0.6) is 0 Å². The predicted molar refractivity (Wildman–Crippen MR) is 126 cm³/mol. The lowest BCUT2D eigenvalue weighted by Gasteiger charge is -2.16. The van der Waals surface area contributed by atoms with Crippen LogP contribution >= 0.6 is 0 Å². The van der Waals surface area contributed by atoms with Gasteiger partial charge in [0.1, 0.15) is 11.7 Å². The Morgan fingerprint density at radius 1 is 0.909 bits per heavy atom. The van der Waals surface area contributed by atoms with E-state index in [9.17, 15) is 19.5 Å². The second kappa shape index (κ2) is 9.40. The predicted octanol–water partition coefficient (Wildman–Crippen LogP) is 4.15. The number of para-hydroxylation sites is 2. The Morgan fingerprint density at radius 3 is 2.36 bits per heavy atom. The fourth-order valence-electron chi connectivity index (χ4n) is 3.70. The lowest BCUT2D eigenvalue weighted by Crippen LogP contribution is -2.42. The molecule has 33 heavy (non-hydrogen) atoms. The van der Waals surface area contributed by atoms with Gasteiger partial charge in [-0.15, -0.1) is 0 Å². The SMILES string of the molecule is Cc1cccc2cc(C(=O)Nc3ccccc3C(=O)NC(Cc3ccccc3)C(=O)O)[nH]c12. The van der Waals surface area contributed by atoms with Gasteiger partial charge in [0.25, 0.3) is 11.8 Å². The van der Waals surface area contributed by atoms with E-state index in [1.165, 1.54) is 0 Å². The van der Waals surface area contributed by atoms with Gasteiger partial charge < -0.3 is 20.7 Å². The molecule has 0 aliphatic carbocycles. The maximum atomic E-state index is 12.9. The summed E-state index contributed by atoms with van der Waals surface area (Å²) in [5.74, 6) is -2.12. The molecule has 0 aliphatic heterocycles. The average molecular weight is 441 g/mol. The number of carbonyl (C=O) groups is 3. The van der Waals surface area contributed by atoms with Gasteiger partial charge in [-0.3, -0.25) is 9.59 Å². The zero-order valence-corrected chi connectivity index (χ0v) is 18.0. The van der Waals surface area contributed by atoms with Crippen LogP contribution in [0.1, 0.15) is 32.0 Å². The van der Waals surface area contributed by atoms with Crippen molar-refractivity contribution in [1.82, 2.24) is 10.3 Å². The first-order chi connectivity index (χ1) is 15.9. The van der Waals surface area contributed by atoms with E-state index in [1.54, 1.807) is 42.5 Å². The molecule has 1 heterocycles. The van der Waals surface area contributed by atoms with Gasteiger partial charge in [-0.25, -0.2) is 4.79 Å². The largest absolute Gasteiger partial charge is 0.480 e. The molecular formula is C26H23N3O4. The van der Waals surface area contributed by atoms with Crippen molar-refractivity contribution in [2.45, 2.75) is 19.4 Å². The van der Waals surface area contributed by atoms with E-state index in [0.29, 0.717) is 11.4 Å². The van der Waals surface area contributed by atoms with Crippen LogP contribution in [0.25, 0.3) is 10.9 Å². The molecule has 4 aromatic rings. The molecule has 0 saturated carbocycles. The second-order valence-electron chi connectivity index (χ2n) is 7.78. The number of carbonyl (C=O) groups excluding carboxylic acids is 2. The smallest absolute Gasteiger partial charge is 0.326 e. The Hall–Kier alpha value is -4.39. The molecule has 7 nitrogen and oxygen atoms in total. The summed E-state index contributed by atoms with van der Waals surface area (Å²) in [4.78, 5) is 40.7. The number of aliphatic carboxylic acids is 1. The molecule has 7 heteroatoms. The van der Waals surface area contributed by atoms with Crippen LogP contribution in [0.4, 0.5) is 5.69 Å². The van der Waals surface area contributed by atoms with Gasteiger partial charge in [-0.05, 0) is 36.2 Å². The minimum absolute atomic E-state index is 0.144. The number of aromatic nitrogens is 1. The van der Waals surface area contributed by atoms with Crippen LogP contribution in [0.15, 0.2) is 78.9 Å². The highest BCUT2D eigenvalue weighted by Crippen LogP contribution is 2.21. The summed E-state index contributed by atoms with van der Waals surface area (Å²) >= 11 is 0. The number of amides is 2. The number of aromatic amines is 1. The van der Waals surface area contributed by atoms with Crippen LogP contribution < -0.4 is 10.6 Å². The summed E-state index contributed by atoms with van der Waals surface area (Å²) in [6, 6.07) is 22.0. The topological polar surface area (TPSA) is 111 Å². The Morgan fingerprint density at radius 2 is 1.64 bits per heavy atom. The fourth-order valence-corrected chi connectivity index (χ4v) is 3.70. The number of nitrogens with one attached hydrogen (secondary N) is 3. The van der Waals surface area contributed by atoms with Crippen molar-refractivity contribution in [3.05, 3.63) is 101 Å². The van der Waals surface area contributed by atoms with Gasteiger partial charge >= 0.3 is 5.97 Å². The number of rotatable bonds is 7. The van der Waals surface area contributed by atoms with Crippen LogP contribution in [0.2, 0.25) is 0 Å². The monoisotopic (exact) mass is 441 g/mol. The summed E-state index contributed by atoms with van der Waals surface area (Å²) in [5.41, 5.74) is 3.52. The number of benzene rings is 3. The molecule has 0 saturated heterocycles. The molecule has 1 unspecified atom stereocenters. The number of H-pyrrole nitrogens is 1. The molecule has 1 atom stereocenters. The van der Waals surface area contributed by atoms with E-state index in [0.717, 1.165) is 22.0 Å². The molecule has 0 aliphatic rings. The third kappa shape index (κ3) is 4.93. The molecule has 4 N–H and O–H groups in total. The summed E-state index contributed by atoms with van der Waals surface area (Å²) in [5, 5.41) is 15.8. The maximum Gasteiger partial charge on any atom is 0.326 e. The van der Waals surface area contributed by atoms with Gasteiger partial charge in [0.2, 0.25) is 0 Å². The van der Waals surface area contributed by atoms with Gasteiger partial charge in [-0.2, -0.15) is 0 Å². The van der Waals surface area contributed by atoms with Crippen molar-refractivity contribution in [3.63, 3.8) is 0 Å². The van der Waals surface area contributed by atoms with Crippen LogP contribution in [-0.4, -0.2) is 33.9 Å². The van der Waals surface area contributed by atoms with Gasteiger partial charge in [-0.1, -0.05) is 60.7 Å². The van der Waals surface area contributed by atoms with Crippen molar-refractivity contribution >= 4 is 34.4 Å². The van der Waals surface area contributed by atoms with E-state index in [4.69, 9.17) is 0 Å². The van der Waals surface area contributed by atoms with Gasteiger partial charge in [0.05, 0.1) is 11.3 Å². The van der Waals surface area contributed by atoms with E-state index in [1.807, 2.05) is 43.3 Å². The zero-order chi connectivity index (χ0) is 23.4. The fraction of sp³-hybridized carbons (Fsp3) is 0.115. The molecule has 166 valence electrons. The summed E-state index contributed by atoms with van der Waals surface area (Å²) in [6.07, 6.45) is 0.144. The molecule has 0 radical (unpaired) electrons. The molecule has 4 rings (SSSR count). The molecular weight excluding hydrogens is 418 g/mol. The average Bonchev–Trinajstić information content (AvgIpc) is 3.26. The number of carboxylic acid groups (broad SMARTS) is 1. The number of anilines is 1. The van der Waals surface area contributed by atoms with Gasteiger partial charge in [0, 0.05) is 17.3 Å².